The molecular formula is C10H12N2O2. The molecule has 74 valence electrons. The number of aromatic carboxylic acids is 1. The summed E-state index contributed by atoms with van der Waals surface area (Å²) in [5.74, 6) is 0.358. The van der Waals surface area contributed by atoms with Gasteiger partial charge in [-0.3, -0.25) is 4.68 Å². The molecule has 1 aromatic heterocycles. The first-order chi connectivity index (χ1) is 6.72. The SMILES string of the molecule is CCn1nc(C(=O)O)c2c1CC1CC21. The van der Waals surface area contributed by atoms with Gasteiger partial charge in [0.2, 0.25) is 0 Å². The minimum atomic E-state index is -0.874. The van der Waals surface area contributed by atoms with Crippen molar-refractivity contribution in [1.29, 1.82) is 0 Å². The van der Waals surface area contributed by atoms with Crippen molar-refractivity contribution < 1.29 is 9.90 Å². The van der Waals surface area contributed by atoms with Crippen molar-refractivity contribution in [2.45, 2.75) is 32.2 Å². The lowest BCUT2D eigenvalue weighted by Crippen LogP contribution is -2.04. The quantitative estimate of drug-likeness (QED) is 0.767. The van der Waals surface area contributed by atoms with E-state index in [2.05, 4.69) is 5.10 Å². The van der Waals surface area contributed by atoms with Crippen LogP contribution in [0.25, 0.3) is 0 Å². The third-order valence-corrected chi connectivity index (χ3v) is 3.35. The van der Waals surface area contributed by atoms with Gasteiger partial charge in [0.25, 0.3) is 0 Å². The van der Waals surface area contributed by atoms with Gasteiger partial charge in [0, 0.05) is 17.8 Å². The summed E-state index contributed by atoms with van der Waals surface area (Å²) in [6.45, 7) is 2.78. The Morgan fingerprint density at radius 1 is 1.71 bits per heavy atom. The molecule has 4 nitrogen and oxygen atoms in total. The maximum Gasteiger partial charge on any atom is 0.356 e. The van der Waals surface area contributed by atoms with E-state index in [0.717, 1.165) is 24.4 Å². The first-order valence-electron chi connectivity index (χ1n) is 5.05. The molecule has 1 saturated carbocycles. The Morgan fingerprint density at radius 3 is 3.14 bits per heavy atom. The lowest BCUT2D eigenvalue weighted by Gasteiger charge is -2.00. The van der Waals surface area contributed by atoms with E-state index >= 15 is 0 Å². The molecule has 0 radical (unpaired) electrons. The van der Waals surface area contributed by atoms with Gasteiger partial charge in [-0.05, 0) is 31.6 Å². The van der Waals surface area contributed by atoms with Gasteiger partial charge in [0.15, 0.2) is 5.69 Å². The molecule has 0 aromatic carbocycles. The lowest BCUT2D eigenvalue weighted by atomic mass is 10.1. The molecule has 0 aliphatic heterocycles. The molecule has 0 amide bonds. The Bertz CT molecular complexity index is 422. The Balaban J connectivity index is 2.18. The molecule has 2 atom stereocenters. The van der Waals surface area contributed by atoms with Crippen LogP contribution in [0.4, 0.5) is 0 Å². The van der Waals surface area contributed by atoms with E-state index in [1.165, 1.54) is 12.1 Å². The van der Waals surface area contributed by atoms with Crippen LogP contribution in [-0.2, 0) is 13.0 Å². The fraction of sp³-hybridized carbons (Fsp3) is 0.600. The first kappa shape index (κ1) is 8.03. The number of aromatic nitrogens is 2. The van der Waals surface area contributed by atoms with Crippen LogP contribution < -0.4 is 0 Å². The van der Waals surface area contributed by atoms with Crippen molar-refractivity contribution in [3.05, 3.63) is 17.0 Å². The predicted octanol–water partition coefficient (Wildman–Crippen LogP) is 1.26. The Morgan fingerprint density at radius 2 is 2.50 bits per heavy atom. The minimum Gasteiger partial charge on any atom is -0.476 e. The van der Waals surface area contributed by atoms with Gasteiger partial charge in [-0.1, -0.05) is 0 Å². The summed E-state index contributed by atoms with van der Waals surface area (Å²) in [6.07, 6.45) is 2.21. The number of nitrogens with zero attached hydrogens (tertiary/aromatic N) is 2. The first-order valence-corrected chi connectivity index (χ1v) is 5.05. The lowest BCUT2D eigenvalue weighted by molar-refractivity contribution is 0.0688. The topological polar surface area (TPSA) is 55.1 Å². The molecule has 0 saturated heterocycles. The summed E-state index contributed by atoms with van der Waals surface area (Å²) in [6, 6.07) is 0. The van der Waals surface area contributed by atoms with Gasteiger partial charge >= 0.3 is 5.97 Å². The summed E-state index contributed by atoms with van der Waals surface area (Å²) < 4.78 is 1.85. The highest BCUT2D eigenvalue weighted by molar-refractivity contribution is 5.88. The highest BCUT2D eigenvalue weighted by atomic mass is 16.4. The van der Waals surface area contributed by atoms with E-state index in [-0.39, 0.29) is 0 Å². The molecule has 1 fully saturated rings. The zero-order chi connectivity index (χ0) is 9.87. The third kappa shape index (κ3) is 0.832. The van der Waals surface area contributed by atoms with Crippen molar-refractivity contribution in [1.82, 2.24) is 9.78 Å². The van der Waals surface area contributed by atoms with E-state index in [1.54, 1.807) is 0 Å². The molecular weight excluding hydrogens is 180 g/mol. The number of carboxylic acid groups (broad SMARTS) is 1. The number of hydrogen-bond donors (Lipinski definition) is 1. The number of carbonyl (C=O) groups is 1. The average Bonchev–Trinajstić information content (AvgIpc) is 2.68. The fourth-order valence-electron chi connectivity index (χ4n) is 2.61. The van der Waals surface area contributed by atoms with Gasteiger partial charge in [-0.25, -0.2) is 4.79 Å². The molecule has 0 bridgehead atoms. The highest BCUT2D eigenvalue weighted by Gasteiger charge is 2.49. The number of hydrogen-bond acceptors (Lipinski definition) is 2. The Labute approximate surface area is 81.5 Å². The monoisotopic (exact) mass is 192 g/mol. The van der Waals surface area contributed by atoms with E-state index in [0.29, 0.717) is 11.6 Å². The second-order valence-corrected chi connectivity index (χ2v) is 4.14. The predicted molar refractivity (Wildman–Crippen MR) is 49.4 cm³/mol. The van der Waals surface area contributed by atoms with Gasteiger partial charge < -0.3 is 5.11 Å². The van der Waals surface area contributed by atoms with Crippen LogP contribution >= 0.6 is 0 Å². The molecule has 2 unspecified atom stereocenters. The van der Waals surface area contributed by atoms with Crippen molar-refractivity contribution in [2.24, 2.45) is 5.92 Å². The van der Waals surface area contributed by atoms with Crippen LogP contribution in [0, 0.1) is 5.92 Å². The zero-order valence-corrected chi connectivity index (χ0v) is 8.03. The number of aryl methyl sites for hydroxylation is 1. The summed E-state index contributed by atoms with van der Waals surface area (Å²) >= 11 is 0. The van der Waals surface area contributed by atoms with Crippen molar-refractivity contribution >= 4 is 5.97 Å². The van der Waals surface area contributed by atoms with Crippen LogP contribution in [0.2, 0.25) is 0 Å². The highest BCUT2D eigenvalue weighted by Crippen LogP contribution is 2.57. The largest absolute Gasteiger partial charge is 0.476 e. The van der Waals surface area contributed by atoms with Crippen molar-refractivity contribution in [3.8, 4) is 0 Å². The molecule has 4 heteroatoms. The zero-order valence-electron chi connectivity index (χ0n) is 8.03. The Hall–Kier alpha value is -1.32. The summed E-state index contributed by atoms with van der Waals surface area (Å²) in [7, 11) is 0. The van der Waals surface area contributed by atoms with Gasteiger partial charge in [0.1, 0.15) is 0 Å². The summed E-state index contributed by atoms with van der Waals surface area (Å²) in [5, 5.41) is 13.2. The molecule has 1 aromatic rings. The molecule has 14 heavy (non-hydrogen) atoms. The van der Waals surface area contributed by atoms with E-state index < -0.39 is 5.97 Å². The maximum absolute atomic E-state index is 11.0. The number of carboxylic acids is 1. The van der Waals surface area contributed by atoms with Gasteiger partial charge in [-0.15, -0.1) is 0 Å². The summed E-state index contributed by atoms with van der Waals surface area (Å²) in [5.41, 5.74) is 2.50. The molecule has 3 rings (SSSR count). The molecule has 2 aliphatic rings. The fourth-order valence-corrected chi connectivity index (χ4v) is 2.61. The molecule has 0 spiro atoms. The molecule has 2 aliphatic carbocycles. The van der Waals surface area contributed by atoms with Gasteiger partial charge in [0.05, 0.1) is 0 Å². The average molecular weight is 192 g/mol. The smallest absolute Gasteiger partial charge is 0.356 e. The van der Waals surface area contributed by atoms with Crippen LogP contribution in [0.1, 0.15) is 41.0 Å². The van der Waals surface area contributed by atoms with Crippen molar-refractivity contribution in [3.63, 3.8) is 0 Å². The van der Waals surface area contributed by atoms with Crippen molar-refractivity contribution in [2.75, 3.05) is 0 Å². The maximum atomic E-state index is 11.0. The minimum absolute atomic E-state index is 0.298. The standard InChI is InChI=1S/C10H12N2O2/c1-2-12-7-4-5-3-6(5)8(7)9(11-12)10(13)14/h5-6H,2-4H2,1H3,(H,13,14). The number of fused-ring (bicyclic) bond motifs is 3. The van der Waals surface area contributed by atoms with E-state index in [4.69, 9.17) is 5.11 Å². The van der Waals surface area contributed by atoms with Crippen LogP contribution in [0.3, 0.4) is 0 Å². The van der Waals surface area contributed by atoms with Crippen LogP contribution in [0.15, 0.2) is 0 Å². The Kier molecular flexibility index (Phi) is 1.36. The molecule has 1 N–H and O–H groups in total. The van der Waals surface area contributed by atoms with Crippen LogP contribution in [-0.4, -0.2) is 20.9 Å². The second kappa shape index (κ2) is 2.38. The normalized spacial score (nSPS) is 27.2. The molecule has 1 heterocycles. The van der Waals surface area contributed by atoms with Gasteiger partial charge in [-0.2, -0.15) is 5.10 Å². The second-order valence-electron chi connectivity index (χ2n) is 4.14. The summed E-state index contributed by atoms with van der Waals surface area (Å²) in [4.78, 5) is 11.0. The van der Waals surface area contributed by atoms with Crippen LogP contribution in [0.5, 0.6) is 0 Å². The van der Waals surface area contributed by atoms with E-state index in [1.807, 2.05) is 11.6 Å². The number of rotatable bonds is 2. The van der Waals surface area contributed by atoms with E-state index in [9.17, 15) is 4.79 Å². The third-order valence-electron chi connectivity index (χ3n) is 3.35.